The third-order valence-electron chi connectivity index (χ3n) is 5.02. The van der Waals surface area contributed by atoms with Crippen LogP contribution in [0.4, 0.5) is 11.4 Å². The van der Waals surface area contributed by atoms with Crippen molar-refractivity contribution in [2.24, 2.45) is 5.92 Å². The number of para-hydroxylation sites is 2. The van der Waals surface area contributed by atoms with Crippen molar-refractivity contribution >= 4 is 33.2 Å². The summed E-state index contributed by atoms with van der Waals surface area (Å²) in [6.45, 7) is 3.24. The van der Waals surface area contributed by atoms with E-state index < -0.39 is 0 Å². The van der Waals surface area contributed by atoms with Gasteiger partial charge in [0.05, 0.1) is 11.0 Å². The maximum Gasteiger partial charge on any atom is 0.292 e. The molecule has 0 spiro atoms. The lowest BCUT2D eigenvalue weighted by atomic mass is 9.94. The van der Waals surface area contributed by atoms with Crippen molar-refractivity contribution in [3.8, 4) is 0 Å². The number of rotatable bonds is 5. The summed E-state index contributed by atoms with van der Waals surface area (Å²) in [5, 5.41) is 14.3. The molecule has 1 unspecified atom stereocenters. The Bertz CT molecular complexity index is 835. The van der Waals surface area contributed by atoms with Gasteiger partial charge in [-0.1, -0.05) is 46.3 Å². The first-order chi connectivity index (χ1) is 13.0. The Balaban J connectivity index is 1.60. The predicted molar refractivity (Wildman–Crippen MR) is 109 cm³/mol. The molecule has 0 aromatic heterocycles. The number of piperidine rings is 1. The van der Waals surface area contributed by atoms with Crippen LogP contribution in [0.25, 0.3) is 0 Å². The molecule has 7 heteroatoms. The summed E-state index contributed by atoms with van der Waals surface area (Å²) < 4.78 is 0.976. The minimum Gasteiger partial charge on any atom is -0.366 e. The Morgan fingerprint density at radius 3 is 2.48 bits per heavy atom. The lowest BCUT2D eigenvalue weighted by Crippen LogP contribution is -2.41. The SMILES string of the molecule is CC(NC(=O)C1CCN(c2ccccc2[N+](=O)[O-])CC1)c1ccccc1Br. The van der Waals surface area contributed by atoms with Crippen molar-refractivity contribution in [2.75, 3.05) is 18.0 Å². The largest absolute Gasteiger partial charge is 0.366 e. The van der Waals surface area contributed by atoms with Crippen molar-refractivity contribution in [1.82, 2.24) is 5.32 Å². The van der Waals surface area contributed by atoms with Crippen LogP contribution in [-0.4, -0.2) is 23.9 Å². The van der Waals surface area contributed by atoms with Gasteiger partial charge in [-0.15, -0.1) is 0 Å². The molecule has 1 heterocycles. The molecule has 1 atom stereocenters. The number of nitro benzene ring substituents is 1. The molecular weight excluding hydrogens is 410 g/mol. The van der Waals surface area contributed by atoms with E-state index in [1.54, 1.807) is 18.2 Å². The third-order valence-corrected chi connectivity index (χ3v) is 5.74. The molecule has 0 bridgehead atoms. The first-order valence-electron chi connectivity index (χ1n) is 9.00. The second kappa shape index (κ2) is 8.52. The second-order valence-corrected chi connectivity index (χ2v) is 7.61. The zero-order chi connectivity index (χ0) is 19.4. The molecule has 142 valence electrons. The molecule has 0 aliphatic carbocycles. The van der Waals surface area contributed by atoms with Crippen molar-refractivity contribution in [3.63, 3.8) is 0 Å². The van der Waals surface area contributed by atoms with E-state index in [9.17, 15) is 14.9 Å². The van der Waals surface area contributed by atoms with E-state index in [0.717, 1.165) is 10.0 Å². The lowest BCUT2D eigenvalue weighted by molar-refractivity contribution is -0.384. The van der Waals surface area contributed by atoms with Crippen LogP contribution in [0.5, 0.6) is 0 Å². The molecule has 1 aliphatic heterocycles. The molecule has 6 nitrogen and oxygen atoms in total. The minimum atomic E-state index is -0.354. The molecule has 0 radical (unpaired) electrons. The summed E-state index contributed by atoms with van der Waals surface area (Å²) in [5.41, 5.74) is 1.79. The second-order valence-electron chi connectivity index (χ2n) is 6.76. The van der Waals surface area contributed by atoms with Gasteiger partial charge in [-0.2, -0.15) is 0 Å². The molecule has 1 fully saturated rings. The predicted octanol–water partition coefficient (Wildman–Crippen LogP) is 4.45. The van der Waals surface area contributed by atoms with Gasteiger partial charge in [0.25, 0.3) is 5.69 Å². The summed E-state index contributed by atoms with van der Waals surface area (Å²) in [6, 6.07) is 14.5. The van der Waals surface area contributed by atoms with Crippen LogP contribution in [0.15, 0.2) is 53.0 Å². The Kier molecular flexibility index (Phi) is 6.11. The van der Waals surface area contributed by atoms with E-state index in [1.165, 1.54) is 6.07 Å². The number of nitro groups is 1. The quantitative estimate of drug-likeness (QED) is 0.560. The van der Waals surface area contributed by atoms with E-state index in [2.05, 4.69) is 21.2 Å². The molecule has 3 rings (SSSR count). The summed E-state index contributed by atoms with van der Waals surface area (Å²) in [7, 11) is 0. The zero-order valence-electron chi connectivity index (χ0n) is 15.1. The van der Waals surface area contributed by atoms with Gasteiger partial charge in [-0.25, -0.2) is 0 Å². The van der Waals surface area contributed by atoms with Crippen LogP contribution < -0.4 is 10.2 Å². The fourth-order valence-electron chi connectivity index (χ4n) is 3.50. The van der Waals surface area contributed by atoms with Crippen LogP contribution in [0.3, 0.4) is 0 Å². The normalized spacial score (nSPS) is 16.0. The van der Waals surface area contributed by atoms with Crippen molar-refractivity contribution in [2.45, 2.75) is 25.8 Å². The van der Waals surface area contributed by atoms with Crippen LogP contribution in [0, 0.1) is 16.0 Å². The molecule has 0 saturated carbocycles. The number of carbonyl (C=O) groups is 1. The maximum atomic E-state index is 12.7. The highest BCUT2D eigenvalue weighted by Gasteiger charge is 2.28. The number of hydrogen-bond acceptors (Lipinski definition) is 4. The zero-order valence-corrected chi connectivity index (χ0v) is 16.7. The number of carbonyl (C=O) groups excluding carboxylic acids is 1. The monoisotopic (exact) mass is 431 g/mol. The minimum absolute atomic E-state index is 0.0421. The summed E-state index contributed by atoms with van der Waals surface area (Å²) >= 11 is 3.52. The maximum absolute atomic E-state index is 12.7. The fourth-order valence-corrected chi connectivity index (χ4v) is 4.13. The van der Waals surface area contributed by atoms with Gasteiger partial charge in [-0.3, -0.25) is 14.9 Å². The highest BCUT2D eigenvalue weighted by molar-refractivity contribution is 9.10. The van der Waals surface area contributed by atoms with E-state index in [4.69, 9.17) is 0 Å². The van der Waals surface area contributed by atoms with Crippen molar-refractivity contribution in [3.05, 3.63) is 68.7 Å². The summed E-state index contributed by atoms with van der Waals surface area (Å²) in [4.78, 5) is 25.5. The summed E-state index contributed by atoms with van der Waals surface area (Å²) in [6.07, 6.45) is 1.36. The Morgan fingerprint density at radius 2 is 1.81 bits per heavy atom. The first kappa shape index (κ1) is 19.4. The average Bonchev–Trinajstić information content (AvgIpc) is 2.68. The molecule has 27 heavy (non-hydrogen) atoms. The highest BCUT2D eigenvalue weighted by Crippen LogP contribution is 2.31. The Morgan fingerprint density at radius 1 is 1.19 bits per heavy atom. The van der Waals surface area contributed by atoms with Gasteiger partial charge in [0.1, 0.15) is 5.69 Å². The van der Waals surface area contributed by atoms with Gasteiger partial charge < -0.3 is 10.2 Å². The number of nitrogens with zero attached hydrogens (tertiary/aromatic N) is 2. The Hall–Kier alpha value is -2.41. The number of amides is 1. The number of benzene rings is 2. The molecule has 1 aliphatic rings. The van der Waals surface area contributed by atoms with Gasteiger partial charge in [0.2, 0.25) is 5.91 Å². The molecule has 1 saturated heterocycles. The average molecular weight is 432 g/mol. The van der Waals surface area contributed by atoms with E-state index >= 15 is 0 Å². The van der Waals surface area contributed by atoms with E-state index in [0.29, 0.717) is 31.6 Å². The fraction of sp³-hybridized carbons (Fsp3) is 0.350. The van der Waals surface area contributed by atoms with Crippen molar-refractivity contribution < 1.29 is 9.72 Å². The topological polar surface area (TPSA) is 75.5 Å². The van der Waals surface area contributed by atoms with Crippen LogP contribution in [0.2, 0.25) is 0 Å². The van der Waals surface area contributed by atoms with Crippen LogP contribution in [0.1, 0.15) is 31.4 Å². The Labute approximate surface area is 166 Å². The van der Waals surface area contributed by atoms with Crippen LogP contribution >= 0.6 is 15.9 Å². The number of hydrogen-bond donors (Lipinski definition) is 1. The summed E-state index contributed by atoms with van der Waals surface area (Å²) in [5.74, 6) is -0.0329. The molecule has 2 aromatic rings. The van der Waals surface area contributed by atoms with E-state index in [1.807, 2.05) is 36.1 Å². The van der Waals surface area contributed by atoms with E-state index in [-0.39, 0.29) is 28.5 Å². The lowest BCUT2D eigenvalue weighted by Gasteiger charge is -2.33. The third kappa shape index (κ3) is 4.47. The van der Waals surface area contributed by atoms with Gasteiger partial charge in [0, 0.05) is 29.5 Å². The van der Waals surface area contributed by atoms with Gasteiger partial charge >= 0.3 is 0 Å². The number of halogens is 1. The first-order valence-corrected chi connectivity index (χ1v) is 9.80. The van der Waals surface area contributed by atoms with Crippen LogP contribution in [-0.2, 0) is 4.79 Å². The molecule has 1 N–H and O–H groups in total. The van der Waals surface area contributed by atoms with Crippen molar-refractivity contribution in [1.29, 1.82) is 0 Å². The highest BCUT2D eigenvalue weighted by atomic mass is 79.9. The standard InChI is InChI=1S/C20H22BrN3O3/c1-14(16-6-2-3-7-17(16)21)22-20(25)15-10-12-23(13-11-15)18-8-4-5-9-19(18)24(26)27/h2-9,14-15H,10-13H2,1H3,(H,22,25). The van der Waals surface area contributed by atoms with Gasteiger partial charge in [0.15, 0.2) is 0 Å². The van der Waals surface area contributed by atoms with Gasteiger partial charge in [-0.05, 0) is 37.5 Å². The number of anilines is 1. The molecule has 2 aromatic carbocycles. The smallest absolute Gasteiger partial charge is 0.292 e. The molecular formula is C20H22BrN3O3. The number of nitrogens with one attached hydrogen (secondary N) is 1. The molecule has 1 amide bonds.